The third kappa shape index (κ3) is 1.08. The quantitative estimate of drug-likeness (QED) is 0.711. The maximum Gasteiger partial charge on any atom is 0.0406 e. The number of hydrogen-bond donors (Lipinski definition) is 1. The van der Waals surface area contributed by atoms with E-state index in [1.807, 2.05) is 0 Å². The predicted molar refractivity (Wildman–Crippen MR) is 59.8 cm³/mol. The Bertz CT molecular complexity index is 352. The molecule has 1 heterocycles. The number of para-hydroxylation sites is 1. The summed E-state index contributed by atoms with van der Waals surface area (Å²) in [6.45, 7) is 3.37. The van der Waals surface area contributed by atoms with Crippen molar-refractivity contribution in [2.24, 2.45) is 5.92 Å². The lowest BCUT2D eigenvalue weighted by Gasteiger charge is -2.31. The minimum atomic E-state index is 0.804. The van der Waals surface area contributed by atoms with Crippen LogP contribution in [0.15, 0.2) is 18.2 Å². The van der Waals surface area contributed by atoms with Crippen LogP contribution in [-0.4, -0.2) is 6.54 Å². The van der Waals surface area contributed by atoms with E-state index in [9.17, 15) is 0 Å². The highest BCUT2D eigenvalue weighted by Crippen LogP contribution is 2.45. The van der Waals surface area contributed by atoms with Crippen LogP contribution in [0.5, 0.6) is 0 Å². The van der Waals surface area contributed by atoms with Gasteiger partial charge in [-0.15, -0.1) is 0 Å². The molecule has 0 aromatic heterocycles. The van der Waals surface area contributed by atoms with E-state index in [4.69, 9.17) is 0 Å². The molecule has 0 saturated heterocycles. The van der Waals surface area contributed by atoms with Gasteiger partial charge in [0, 0.05) is 18.2 Å². The highest BCUT2D eigenvalue weighted by atomic mass is 14.9. The number of benzene rings is 1. The first-order chi connectivity index (χ1) is 6.86. The number of hydrogen-bond acceptors (Lipinski definition) is 1. The Labute approximate surface area is 85.5 Å². The maximum absolute atomic E-state index is 3.57. The van der Waals surface area contributed by atoms with Gasteiger partial charge in [-0.2, -0.15) is 0 Å². The van der Waals surface area contributed by atoms with E-state index in [-0.39, 0.29) is 0 Å². The predicted octanol–water partition coefficient (Wildman–Crippen LogP) is 3.30. The lowest BCUT2D eigenvalue weighted by molar-refractivity contribution is 0.272. The van der Waals surface area contributed by atoms with Gasteiger partial charge in [-0.1, -0.05) is 24.6 Å². The minimum Gasteiger partial charge on any atom is -0.384 e. The van der Waals surface area contributed by atoms with Crippen molar-refractivity contribution in [1.82, 2.24) is 0 Å². The fraction of sp³-hybridized carbons (Fsp3) is 0.538. The molecule has 1 fully saturated rings. The van der Waals surface area contributed by atoms with Gasteiger partial charge in [0.25, 0.3) is 0 Å². The number of fused-ring (bicyclic) bond motifs is 1. The Morgan fingerprint density at radius 3 is 2.86 bits per heavy atom. The number of rotatable bonds is 1. The van der Waals surface area contributed by atoms with Crippen LogP contribution in [-0.2, 0) is 0 Å². The molecule has 1 unspecified atom stereocenters. The second kappa shape index (κ2) is 3.01. The molecule has 1 aromatic rings. The Morgan fingerprint density at radius 2 is 2.14 bits per heavy atom. The van der Waals surface area contributed by atoms with Crippen LogP contribution in [0.4, 0.5) is 5.69 Å². The summed E-state index contributed by atoms with van der Waals surface area (Å²) in [4.78, 5) is 0. The van der Waals surface area contributed by atoms with Crippen LogP contribution in [0.3, 0.4) is 0 Å². The Kier molecular flexibility index (Phi) is 1.79. The molecule has 0 bridgehead atoms. The molecule has 1 aliphatic carbocycles. The lowest BCUT2D eigenvalue weighted by Crippen LogP contribution is -2.21. The van der Waals surface area contributed by atoms with E-state index in [1.165, 1.54) is 37.1 Å². The highest BCUT2D eigenvalue weighted by molar-refractivity contribution is 5.62. The standard InChI is InChI=1S/C13H17N/c1-9-4-2-7-11-12(8-14-13(9)11)10-5-3-6-10/h2,4,7,10,12,14H,3,5-6,8H2,1H3. The molecule has 1 heteroatoms. The van der Waals surface area contributed by atoms with Crippen LogP contribution >= 0.6 is 0 Å². The first-order valence-corrected chi connectivity index (χ1v) is 5.69. The molecule has 1 N–H and O–H groups in total. The first-order valence-electron chi connectivity index (χ1n) is 5.69. The van der Waals surface area contributed by atoms with Crippen LogP contribution in [0.2, 0.25) is 0 Å². The minimum absolute atomic E-state index is 0.804. The Morgan fingerprint density at radius 1 is 1.29 bits per heavy atom. The molecule has 1 aliphatic heterocycles. The van der Waals surface area contributed by atoms with Gasteiger partial charge in [0.15, 0.2) is 0 Å². The Hall–Kier alpha value is -0.980. The summed E-state index contributed by atoms with van der Waals surface area (Å²) in [5.41, 5.74) is 4.41. The average molecular weight is 187 g/mol. The van der Waals surface area contributed by atoms with Crippen molar-refractivity contribution in [2.75, 3.05) is 11.9 Å². The molecule has 0 amide bonds. The summed E-state index contributed by atoms with van der Waals surface area (Å²) in [6.07, 6.45) is 4.34. The van der Waals surface area contributed by atoms with E-state index in [0.717, 1.165) is 11.8 Å². The van der Waals surface area contributed by atoms with E-state index >= 15 is 0 Å². The molecule has 1 atom stereocenters. The van der Waals surface area contributed by atoms with Crippen molar-refractivity contribution in [2.45, 2.75) is 32.1 Å². The zero-order valence-electron chi connectivity index (χ0n) is 8.72. The topological polar surface area (TPSA) is 12.0 Å². The molecule has 2 aliphatic rings. The lowest BCUT2D eigenvalue weighted by atomic mass is 9.74. The fourth-order valence-corrected chi connectivity index (χ4v) is 2.83. The third-order valence-electron chi connectivity index (χ3n) is 3.92. The van der Waals surface area contributed by atoms with Crippen molar-refractivity contribution < 1.29 is 0 Å². The summed E-state index contributed by atoms with van der Waals surface area (Å²) in [5.74, 6) is 1.77. The summed E-state index contributed by atoms with van der Waals surface area (Å²) in [6, 6.07) is 6.72. The van der Waals surface area contributed by atoms with Crippen LogP contribution in [0.25, 0.3) is 0 Å². The summed E-state index contributed by atoms with van der Waals surface area (Å²) in [5, 5.41) is 3.57. The van der Waals surface area contributed by atoms with E-state index < -0.39 is 0 Å². The van der Waals surface area contributed by atoms with Gasteiger partial charge in [0.05, 0.1) is 0 Å². The Balaban J connectivity index is 1.97. The molecular weight excluding hydrogens is 170 g/mol. The summed E-state index contributed by atoms with van der Waals surface area (Å²) >= 11 is 0. The van der Waals surface area contributed by atoms with Crippen LogP contribution < -0.4 is 5.32 Å². The van der Waals surface area contributed by atoms with Gasteiger partial charge in [-0.3, -0.25) is 0 Å². The van der Waals surface area contributed by atoms with Gasteiger partial charge >= 0.3 is 0 Å². The van der Waals surface area contributed by atoms with Crippen molar-refractivity contribution in [3.05, 3.63) is 29.3 Å². The largest absolute Gasteiger partial charge is 0.384 e. The summed E-state index contributed by atoms with van der Waals surface area (Å²) in [7, 11) is 0. The molecule has 3 rings (SSSR count). The molecule has 0 spiro atoms. The molecule has 1 nitrogen and oxygen atoms in total. The van der Waals surface area contributed by atoms with Gasteiger partial charge in [-0.25, -0.2) is 0 Å². The average Bonchev–Trinajstić information content (AvgIpc) is 2.48. The number of aryl methyl sites for hydroxylation is 1. The van der Waals surface area contributed by atoms with Crippen molar-refractivity contribution in [3.8, 4) is 0 Å². The molecule has 0 radical (unpaired) electrons. The zero-order chi connectivity index (χ0) is 9.54. The van der Waals surface area contributed by atoms with Gasteiger partial charge in [-0.05, 0) is 36.8 Å². The zero-order valence-corrected chi connectivity index (χ0v) is 8.72. The highest BCUT2D eigenvalue weighted by Gasteiger charge is 2.33. The van der Waals surface area contributed by atoms with E-state index in [2.05, 4.69) is 30.4 Å². The van der Waals surface area contributed by atoms with Crippen LogP contribution in [0.1, 0.15) is 36.3 Å². The van der Waals surface area contributed by atoms with Crippen molar-refractivity contribution in [1.29, 1.82) is 0 Å². The van der Waals surface area contributed by atoms with Crippen LogP contribution in [0, 0.1) is 12.8 Å². The summed E-state index contributed by atoms with van der Waals surface area (Å²) < 4.78 is 0. The van der Waals surface area contributed by atoms with E-state index in [1.54, 1.807) is 5.56 Å². The monoisotopic (exact) mass is 187 g/mol. The maximum atomic E-state index is 3.57. The second-order valence-electron chi connectivity index (χ2n) is 4.72. The first kappa shape index (κ1) is 8.34. The third-order valence-corrected chi connectivity index (χ3v) is 3.92. The van der Waals surface area contributed by atoms with Gasteiger partial charge < -0.3 is 5.32 Å². The molecular formula is C13H17N. The molecule has 1 aromatic carbocycles. The fourth-order valence-electron chi connectivity index (χ4n) is 2.83. The normalized spacial score (nSPS) is 25.4. The van der Waals surface area contributed by atoms with Crippen molar-refractivity contribution in [3.63, 3.8) is 0 Å². The SMILES string of the molecule is Cc1cccc2c1NCC2C1CCC1. The number of nitrogens with one attached hydrogen (secondary N) is 1. The van der Waals surface area contributed by atoms with Crippen molar-refractivity contribution >= 4 is 5.69 Å². The molecule has 1 saturated carbocycles. The number of anilines is 1. The second-order valence-corrected chi connectivity index (χ2v) is 4.72. The van der Waals surface area contributed by atoms with Gasteiger partial charge in [0.2, 0.25) is 0 Å². The van der Waals surface area contributed by atoms with E-state index in [0.29, 0.717) is 0 Å². The molecule has 14 heavy (non-hydrogen) atoms. The smallest absolute Gasteiger partial charge is 0.0406 e. The molecule has 74 valence electrons. The van der Waals surface area contributed by atoms with Gasteiger partial charge in [0.1, 0.15) is 0 Å².